The van der Waals surface area contributed by atoms with Gasteiger partial charge < -0.3 is 5.11 Å². The van der Waals surface area contributed by atoms with Crippen molar-refractivity contribution in [2.24, 2.45) is 5.92 Å². The molecular weight excluding hydrogens is 216 g/mol. The fourth-order valence-corrected chi connectivity index (χ4v) is 3.22. The second-order valence-corrected chi connectivity index (χ2v) is 5.63. The average Bonchev–Trinajstić information content (AvgIpc) is 3.04. The first-order valence-corrected chi connectivity index (χ1v) is 6.87. The molecule has 1 aliphatic carbocycles. The molecule has 1 unspecified atom stereocenters. The fourth-order valence-electron chi connectivity index (χ4n) is 2.21. The van der Waals surface area contributed by atoms with Crippen LogP contribution in [-0.2, 0) is 0 Å². The van der Waals surface area contributed by atoms with Crippen LogP contribution in [0.15, 0.2) is 29.6 Å². The summed E-state index contributed by atoms with van der Waals surface area (Å²) >= 11 is 1.73. The van der Waals surface area contributed by atoms with Crippen molar-refractivity contribution >= 4 is 21.4 Å². The van der Waals surface area contributed by atoms with Gasteiger partial charge in [-0.05, 0) is 41.2 Å². The molecule has 1 heterocycles. The zero-order chi connectivity index (χ0) is 11.0. The summed E-state index contributed by atoms with van der Waals surface area (Å²) in [7, 11) is 0. The topological polar surface area (TPSA) is 20.2 Å². The fraction of sp³-hybridized carbons (Fsp3) is 0.429. The number of thiophene rings is 1. The molecule has 0 amide bonds. The minimum absolute atomic E-state index is 0.267. The van der Waals surface area contributed by atoms with Crippen molar-refractivity contribution in [3.63, 3.8) is 0 Å². The van der Waals surface area contributed by atoms with E-state index < -0.39 is 0 Å². The van der Waals surface area contributed by atoms with Gasteiger partial charge in [-0.25, -0.2) is 0 Å². The van der Waals surface area contributed by atoms with Gasteiger partial charge in [-0.3, -0.25) is 0 Å². The van der Waals surface area contributed by atoms with Crippen LogP contribution in [0, 0.1) is 5.92 Å². The van der Waals surface area contributed by atoms with Crippen molar-refractivity contribution in [2.75, 3.05) is 0 Å². The third-order valence-corrected chi connectivity index (χ3v) is 4.40. The lowest BCUT2D eigenvalue weighted by Gasteiger charge is -2.09. The number of hydrogen-bond acceptors (Lipinski definition) is 2. The summed E-state index contributed by atoms with van der Waals surface area (Å²) in [6.45, 7) is 0. The predicted molar refractivity (Wildman–Crippen MR) is 68.7 cm³/mol. The summed E-state index contributed by atoms with van der Waals surface area (Å²) < 4.78 is 1.28. The first kappa shape index (κ1) is 10.3. The summed E-state index contributed by atoms with van der Waals surface area (Å²) in [4.78, 5) is 0. The van der Waals surface area contributed by atoms with E-state index in [2.05, 4.69) is 23.6 Å². The molecular formula is C14H16OS. The van der Waals surface area contributed by atoms with E-state index in [1.807, 2.05) is 6.07 Å². The van der Waals surface area contributed by atoms with E-state index >= 15 is 0 Å². The minimum atomic E-state index is -0.267. The Kier molecular flexibility index (Phi) is 2.70. The van der Waals surface area contributed by atoms with E-state index in [0.29, 0.717) is 0 Å². The average molecular weight is 232 g/mol. The third-order valence-electron chi connectivity index (χ3n) is 3.42. The van der Waals surface area contributed by atoms with Gasteiger partial charge in [0, 0.05) is 4.70 Å². The molecule has 0 aliphatic heterocycles. The van der Waals surface area contributed by atoms with Crippen LogP contribution in [0.2, 0.25) is 0 Å². The molecule has 2 aromatic rings. The van der Waals surface area contributed by atoms with Crippen molar-refractivity contribution in [2.45, 2.75) is 31.8 Å². The smallest absolute Gasteiger partial charge is 0.0804 e. The molecule has 16 heavy (non-hydrogen) atoms. The standard InChI is InChI=1S/C14H16OS/c15-13(8-7-10-5-6-10)12-9-16-14-4-2-1-3-11(12)14/h1-4,9-10,13,15H,5-8H2. The van der Waals surface area contributed by atoms with E-state index in [1.54, 1.807) is 11.3 Å². The molecule has 2 heteroatoms. The quantitative estimate of drug-likeness (QED) is 0.840. The molecule has 0 bridgehead atoms. The Morgan fingerprint density at radius 3 is 2.94 bits per heavy atom. The van der Waals surface area contributed by atoms with E-state index in [9.17, 15) is 5.11 Å². The van der Waals surface area contributed by atoms with Crippen LogP contribution in [0.1, 0.15) is 37.4 Å². The van der Waals surface area contributed by atoms with Gasteiger partial charge in [0.1, 0.15) is 0 Å². The van der Waals surface area contributed by atoms with E-state index in [0.717, 1.165) is 17.9 Å². The lowest BCUT2D eigenvalue weighted by molar-refractivity contribution is 0.164. The van der Waals surface area contributed by atoms with Crippen LogP contribution >= 0.6 is 11.3 Å². The van der Waals surface area contributed by atoms with Crippen LogP contribution in [0.4, 0.5) is 0 Å². The number of benzene rings is 1. The zero-order valence-electron chi connectivity index (χ0n) is 9.23. The van der Waals surface area contributed by atoms with Gasteiger partial charge in [0.15, 0.2) is 0 Å². The number of rotatable bonds is 4. The van der Waals surface area contributed by atoms with Crippen LogP contribution in [0.5, 0.6) is 0 Å². The highest BCUT2D eigenvalue weighted by Crippen LogP contribution is 2.38. The normalized spacial score (nSPS) is 17.8. The second-order valence-electron chi connectivity index (χ2n) is 4.72. The van der Waals surface area contributed by atoms with Gasteiger partial charge in [-0.2, -0.15) is 0 Å². The molecule has 84 valence electrons. The number of aliphatic hydroxyl groups is 1. The Balaban J connectivity index is 1.80. The van der Waals surface area contributed by atoms with E-state index in [-0.39, 0.29) is 6.10 Å². The van der Waals surface area contributed by atoms with Crippen molar-refractivity contribution in [1.29, 1.82) is 0 Å². The van der Waals surface area contributed by atoms with Gasteiger partial charge in [-0.1, -0.05) is 31.0 Å². The number of hydrogen-bond donors (Lipinski definition) is 1. The molecule has 1 atom stereocenters. The second kappa shape index (κ2) is 4.19. The Morgan fingerprint density at radius 2 is 2.12 bits per heavy atom. The van der Waals surface area contributed by atoms with Gasteiger partial charge in [0.2, 0.25) is 0 Å². The Morgan fingerprint density at radius 1 is 1.31 bits per heavy atom. The monoisotopic (exact) mass is 232 g/mol. The first-order chi connectivity index (χ1) is 7.84. The maximum absolute atomic E-state index is 10.2. The molecule has 0 spiro atoms. The van der Waals surface area contributed by atoms with E-state index in [1.165, 1.54) is 29.3 Å². The molecule has 3 rings (SSSR count). The maximum Gasteiger partial charge on any atom is 0.0804 e. The molecule has 0 saturated heterocycles. The highest BCUT2D eigenvalue weighted by Gasteiger charge is 2.23. The van der Waals surface area contributed by atoms with Crippen molar-refractivity contribution in [3.8, 4) is 0 Å². The Labute approximate surface area is 99.7 Å². The van der Waals surface area contributed by atoms with Crippen molar-refractivity contribution < 1.29 is 5.11 Å². The predicted octanol–water partition coefficient (Wildman–Crippen LogP) is 4.12. The lowest BCUT2D eigenvalue weighted by Crippen LogP contribution is -1.96. The third kappa shape index (κ3) is 2.00. The molecule has 1 nitrogen and oxygen atoms in total. The lowest BCUT2D eigenvalue weighted by atomic mass is 10.0. The molecule has 1 fully saturated rings. The zero-order valence-corrected chi connectivity index (χ0v) is 10.0. The van der Waals surface area contributed by atoms with Gasteiger partial charge in [-0.15, -0.1) is 11.3 Å². The SMILES string of the molecule is OC(CCC1CC1)c1csc2ccccc12. The van der Waals surface area contributed by atoms with E-state index in [4.69, 9.17) is 0 Å². The van der Waals surface area contributed by atoms with Gasteiger partial charge in [0.05, 0.1) is 6.10 Å². The van der Waals surface area contributed by atoms with Gasteiger partial charge in [0.25, 0.3) is 0 Å². The largest absolute Gasteiger partial charge is 0.388 e. The number of fused-ring (bicyclic) bond motifs is 1. The summed E-state index contributed by atoms with van der Waals surface area (Å²) in [5.41, 5.74) is 1.13. The minimum Gasteiger partial charge on any atom is -0.388 e. The molecule has 1 aromatic heterocycles. The van der Waals surface area contributed by atoms with Crippen LogP contribution in [-0.4, -0.2) is 5.11 Å². The summed E-state index contributed by atoms with van der Waals surface area (Å²) in [5, 5.41) is 13.5. The molecule has 1 saturated carbocycles. The highest BCUT2D eigenvalue weighted by molar-refractivity contribution is 7.17. The molecule has 1 aromatic carbocycles. The van der Waals surface area contributed by atoms with Crippen LogP contribution < -0.4 is 0 Å². The highest BCUT2D eigenvalue weighted by atomic mass is 32.1. The molecule has 1 aliphatic rings. The molecule has 0 radical (unpaired) electrons. The van der Waals surface area contributed by atoms with Crippen LogP contribution in [0.3, 0.4) is 0 Å². The van der Waals surface area contributed by atoms with Gasteiger partial charge >= 0.3 is 0 Å². The van der Waals surface area contributed by atoms with Crippen molar-refractivity contribution in [1.82, 2.24) is 0 Å². The number of aliphatic hydroxyl groups excluding tert-OH is 1. The maximum atomic E-state index is 10.2. The first-order valence-electron chi connectivity index (χ1n) is 5.99. The molecule has 1 N–H and O–H groups in total. The van der Waals surface area contributed by atoms with Crippen molar-refractivity contribution in [3.05, 3.63) is 35.2 Å². The Bertz CT molecular complexity index is 484. The summed E-state index contributed by atoms with van der Waals surface area (Å²) in [6, 6.07) is 8.34. The Hall–Kier alpha value is -0.860. The summed E-state index contributed by atoms with van der Waals surface area (Å²) in [5.74, 6) is 0.902. The summed E-state index contributed by atoms with van der Waals surface area (Å²) in [6.07, 6.45) is 4.59. The van der Waals surface area contributed by atoms with Crippen LogP contribution in [0.25, 0.3) is 10.1 Å².